The molecule has 23 heavy (non-hydrogen) atoms. The Bertz CT molecular complexity index is 824. The van der Waals surface area contributed by atoms with Crippen LogP contribution in [0.3, 0.4) is 0 Å². The highest BCUT2D eigenvalue weighted by Crippen LogP contribution is 2.50. The average Bonchev–Trinajstić information content (AvgIpc) is 3.22. The smallest absolute Gasteiger partial charge is 0.309 e. The first kappa shape index (κ1) is 13.9. The molecule has 5 nitrogen and oxygen atoms in total. The lowest BCUT2D eigenvalue weighted by Crippen LogP contribution is -2.13. The van der Waals surface area contributed by atoms with Crippen LogP contribution in [0.15, 0.2) is 55.1 Å². The van der Waals surface area contributed by atoms with Gasteiger partial charge in [0.25, 0.3) is 0 Å². The first-order valence-corrected chi connectivity index (χ1v) is 7.79. The molecule has 4 rings (SSSR count). The van der Waals surface area contributed by atoms with E-state index in [-0.39, 0.29) is 17.8 Å². The Kier molecular flexibility index (Phi) is 3.54. The maximum Gasteiger partial charge on any atom is 0.309 e. The number of hydrogen-bond acceptors (Lipinski definition) is 4. The Morgan fingerprint density at radius 2 is 2.09 bits per heavy atom. The van der Waals surface area contributed by atoms with Crippen LogP contribution in [0.25, 0.3) is 10.8 Å². The van der Waals surface area contributed by atoms with E-state index < -0.39 is 0 Å². The van der Waals surface area contributed by atoms with E-state index in [2.05, 4.69) is 40.4 Å². The summed E-state index contributed by atoms with van der Waals surface area (Å²) in [6, 6.07) is 14.6. The molecule has 0 N–H and O–H groups in total. The molecule has 1 aliphatic carbocycles. The normalized spacial score (nSPS) is 19.7. The van der Waals surface area contributed by atoms with Crippen LogP contribution >= 0.6 is 0 Å². The fraction of sp³-hybridized carbons (Fsp3) is 0.278. The Labute approximate surface area is 133 Å². The summed E-state index contributed by atoms with van der Waals surface area (Å²) in [4.78, 5) is 16.0. The summed E-state index contributed by atoms with van der Waals surface area (Å²) in [6.07, 6.45) is 3.96. The van der Waals surface area contributed by atoms with E-state index in [1.807, 2.05) is 12.1 Å². The van der Waals surface area contributed by atoms with E-state index in [1.165, 1.54) is 22.7 Å². The van der Waals surface area contributed by atoms with Crippen molar-refractivity contribution in [2.24, 2.45) is 5.92 Å². The third kappa shape index (κ3) is 2.82. The number of nitrogens with zero attached hydrogens (tertiary/aromatic N) is 3. The molecule has 2 aromatic carbocycles. The summed E-state index contributed by atoms with van der Waals surface area (Å²) in [5.74, 6) is 0.152. The maximum absolute atomic E-state index is 12.2. The second-order valence-corrected chi connectivity index (χ2v) is 5.84. The molecule has 5 heteroatoms. The lowest BCUT2D eigenvalue weighted by molar-refractivity contribution is -0.145. The predicted molar refractivity (Wildman–Crippen MR) is 85.8 cm³/mol. The molecule has 0 unspecified atom stereocenters. The van der Waals surface area contributed by atoms with Gasteiger partial charge in [0.05, 0.1) is 12.5 Å². The van der Waals surface area contributed by atoms with Crippen molar-refractivity contribution in [1.82, 2.24) is 14.8 Å². The molecule has 116 valence electrons. The minimum Gasteiger partial charge on any atom is -0.463 e. The highest BCUT2D eigenvalue weighted by molar-refractivity contribution is 5.88. The van der Waals surface area contributed by atoms with E-state index >= 15 is 0 Å². The number of aromatic nitrogens is 3. The van der Waals surface area contributed by atoms with Crippen LogP contribution in [-0.2, 0) is 16.1 Å². The Morgan fingerprint density at radius 1 is 1.22 bits per heavy atom. The Balaban J connectivity index is 1.40. The average molecular weight is 307 g/mol. The first-order chi connectivity index (χ1) is 11.3. The number of carbonyl (C=O) groups excluding carboxylic acids is 1. The topological polar surface area (TPSA) is 57.0 Å². The third-order valence-corrected chi connectivity index (χ3v) is 4.35. The zero-order valence-corrected chi connectivity index (χ0v) is 12.6. The van der Waals surface area contributed by atoms with Crippen LogP contribution in [-0.4, -0.2) is 27.3 Å². The van der Waals surface area contributed by atoms with Gasteiger partial charge >= 0.3 is 5.97 Å². The van der Waals surface area contributed by atoms with Crippen molar-refractivity contribution >= 4 is 16.7 Å². The van der Waals surface area contributed by atoms with Crippen LogP contribution in [0.2, 0.25) is 0 Å². The van der Waals surface area contributed by atoms with E-state index in [1.54, 1.807) is 11.0 Å². The summed E-state index contributed by atoms with van der Waals surface area (Å²) in [5.41, 5.74) is 1.25. The van der Waals surface area contributed by atoms with Crippen LogP contribution in [0, 0.1) is 5.92 Å². The van der Waals surface area contributed by atoms with Crippen molar-refractivity contribution in [3.8, 4) is 0 Å². The molecule has 1 saturated carbocycles. The summed E-state index contributed by atoms with van der Waals surface area (Å²) >= 11 is 0. The van der Waals surface area contributed by atoms with Crippen molar-refractivity contribution < 1.29 is 9.53 Å². The molecule has 0 saturated heterocycles. The summed E-state index contributed by atoms with van der Waals surface area (Å²) < 4.78 is 7.03. The molecule has 2 atom stereocenters. The fourth-order valence-electron chi connectivity index (χ4n) is 3.07. The number of rotatable bonds is 5. The van der Waals surface area contributed by atoms with Gasteiger partial charge in [0.15, 0.2) is 0 Å². The molecular weight excluding hydrogens is 290 g/mol. The van der Waals surface area contributed by atoms with Crippen LogP contribution < -0.4 is 0 Å². The van der Waals surface area contributed by atoms with E-state index in [0.29, 0.717) is 13.2 Å². The molecule has 1 aromatic heterocycles. The van der Waals surface area contributed by atoms with Gasteiger partial charge in [0.1, 0.15) is 19.3 Å². The lowest BCUT2D eigenvalue weighted by Gasteiger charge is -2.07. The Morgan fingerprint density at radius 3 is 2.96 bits per heavy atom. The molecule has 1 fully saturated rings. The van der Waals surface area contributed by atoms with Crippen molar-refractivity contribution in [1.29, 1.82) is 0 Å². The van der Waals surface area contributed by atoms with Crippen molar-refractivity contribution in [3.05, 3.63) is 60.7 Å². The number of carbonyl (C=O) groups is 1. The van der Waals surface area contributed by atoms with Crippen molar-refractivity contribution in [2.45, 2.75) is 18.9 Å². The van der Waals surface area contributed by atoms with E-state index in [4.69, 9.17) is 4.74 Å². The SMILES string of the molecule is O=C(OCCn1cncn1)[C@H]1C[C@@H]1c1cccc2ccccc12. The monoisotopic (exact) mass is 307 g/mol. The van der Waals surface area contributed by atoms with Gasteiger partial charge in [-0.2, -0.15) is 5.10 Å². The second kappa shape index (κ2) is 5.83. The molecular formula is C18H17N3O2. The molecule has 3 aromatic rings. The highest BCUT2D eigenvalue weighted by Gasteiger charge is 2.45. The second-order valence-electron chi connectivity index (χ2n) is 5.84. The molecule has 0 amide bonds. The molecule has 1 heterocycles. The van der Waals surface area contributed by atoms with Gasteiger partial charge in [-0.1, -0.05) is 42.5 Å². The fourth-order valence-corrected chi connectivity index (χ4v) is 3.07. The quantitative estimate of drug-likeness (QED) is 0.680. The summed E-state index contributed by atoms with van der Waals surface area (Å²) in [7, 11) is 0. The maximum atomic E-state index is 12.2. The highest BCUT2D eigenvalue weighted by atomic mass is 16.5. The van der Waals surface area contributed by atoms with E-state index in [9.17, 15) is 4.79 Å². The standard InChI is InChI=1S/C18H17N3O2/c22-18(23-9-8-21-12-19-11-20-21)17-10-16(17)15-7-3-5-13-4-1-2-6-14(13)15/h1-7,11-12,16-17H,8-10H2/t16-,17+/m1/s1. The van der Waals surface area contributed by atoms with Crippen LogP contribution in [0.5, 0.6) is 0 Å². The van der Waals surface area contributed by atoms with Gasteiger partial charge in [0.2, 0.25) is 0 Å². The third-order valence-electron chi connectivity index (χ3n) is 4.35. The van der Waals surface area contributed by atoms with Gasteiger partial charge in [-0.05, 0) is 28.7 Å². The minimum absolute atomic E-state index is 0.0171. The molecule has 1 aliphatic rings. The number of esters is 1. The van der Waals surface area contributed by atoms with E-state index in [0.717, 1.165) is 6.42 Å². The number of fused-ring (bicyclic) bond motifs is 1. The summed E-state index contributed by atoms with van der Waals surface area (Å²) in [6.45, 7) is 0.873. The molecule has 0 aliphatic heterocycles. The van der Waals surface area contributed by atoms with Gasteiger partial charge in [0, 0.05) is 0 Å². The van der Waals surface area contributed by atoms with Crippen molar-refractivity contribution in [3.63, 3.8) is 0 Å². The molecule has 0 spiro atoms. The van der Waals surface area contributed by atoms with Gasteiger partial charge in [-0.25, -0.2) is 9.67 Å². The number of ether oxygens (including phenoxy) is 1. The zero-order valence-electron chi connectivity index (χ0n) is 12.6. The minimum atomic E-state index is -0.108. The van der Waals surface area contributed by atoms with Crippen LogP contribution in [0.4, 0.5) is 0 Å². The first-order valence-electron chi connectivity index (χ1n) is 7.79. The van der Waals surface area contributed by atoms with Gasteiger partial charge < -0.3 is 4.74 Å². The summed E-state index contributed by atoms with van der Waals surface area (Å²) in [5, 5.41) is 6.44. The largest absolute Gasteiger partial charge is 0.463 e. The van der Waals surface area contributed by atoms with Gasteiger partial charge in [-0.15, -0.1) is 0 Å². The molecule has 0 radical (unpaired) electrons. The zero-order chi connectivity index (χ0) is 15.6. The van der Waals surface area contributed by atoms with Crippen LogP contribution in [0.1, 0.15) is 17.9 Å². The van der Waals surface area contributed by atoms with Gasteiger partial charge in [-0.3, -0.25) is 4.79 Å². The molecule has 0 bridgehead atoms. The Hall–Kier alpha value is -2.69. The predicted octanol–water partition coefficient (Wildman–Crippen LogP) is 2.78. The number of benzene rings is 2. The van der Waals surface area contributed by atoms with Crippen molar-refractivity contribution in [2.75, 3.05) is 6.61 Å². The lowest BCUT2D eigenvalue weighted by atomic mass is 10.0. The number of hydrogen-bond donors (Lipinski definition) is 0.